The maximum Gasteiger partial charge on any atom is 0.253 e. The molecule has 0 radical (unpaired) electrons. The Labute approximate surface area is 221 Å². The fraction of sp³-hybridized carbons (Fsp3) is 0.357. The fourth-order valence-electron chi connectivity index (χ4n) is 5.48. The van der Waals surface area contributed by atoms with E-state index in [9.17, 15) is 9.59 Å². The van der Waals surface area contributed by atoms with E-state index in [0.717, 1.165) is 42.6 Å². The Morgan fingerprint density at radius 1 is 1.03 bits per heavy atom. The lowest BCUT2D eigenvalue weighted by atomic mass is 9.96. The van der Waals surface area contributed by atoms with Gasteiger partial charge in [-0.2, -0.15) is 0 Å². The average molecular weight is 520 g/mol. The number of benzene rings is 1. The summed E-state index contributed by atoms with van der Waals surface area (Å²) in [4.78, 5) is 36.6. The molecule has 8 nitrogen and oxygen atoms in total. The lowest BCUT2D eigenvalue weighted by Gasteiger charge is -2.40. The third-order valence-corrected chi connectivity index (χ3v) is 7.56. The zero-order valence-electron chi connectivity index (χ0n) is 20.9. The van der Waals surface area contributed by atoms with Crippen molar-refractivity contribution in [2.45, 2.75) is 57.3 Å². The van der Waals surface area contributed by atoms with Crippen LogP contribution in [-0.4, -0.2) is 47.0 Å². The van der Waals surface area contributed by atoms with Gasteiger partial charge in [-0.25, -0.2) is 9.97 Å². The van der Waals surface area contributed by atoms with Gasteiger partial charge in [0.05, 0.1) is 12.7 Å². The van der Waals surface area contributed by atoms with Crippen LogP contribution in [0.1, 0.15) is 57.5 Å². The number of methoxy groups -OCH3 is 1. The third kappa shape index (κ3) is 5.39. The summed E-state index contributed by atoms with van der Waals surface area (Å²) < 4.78 is 5.37. The number of nitrogens with one attached hydrogen (secondary N) is 2. The quantitative estimate of drug-likeness (QED) is 0.452. The van der Waals surface area contributed by atoms with Crippen LogP contribution in [0.25, 0.3) is 0 Å². The van der Waals surface area contributed by atoms with Gasteiger partial charge < -0.3 is 20.3 Å². The van der Waals surface area contributed by atoms with E-state index in [2.05, 4.69) is 25.5 Å². The van der Waals surface area contributed by atoms with Gasteiger partial charge in [-0.05, 0) is 68.5 Å². The van der Waals surface area contributed by atoms with Gasteiger partial charge in [0.15, 0.2) is 0 Å². The van der Waals surface area contributed by atoms with Gasteiger partial charge in [-0.1, -0.05) is 23.7 Å². The van der Waals surface area contributed by atoms with Crippen LogP contribution in [0.4, 0.5) is 5.82 Å². The van der Waals surface area contributed by atoms with E-state index in [1.807, 2.05) is 43.3 Å². The molecule has 9 heteroatoms. The highest BCUT2D eigenvalue weighted by Gasteiger charge is 2.42. The maximum absolute atomic E-state index is 13.0. The van der Waals surface area contributed by atoms with Crippen molar-refractivity contribution in [1.29, 1.82) is 0 Å². The number of nitrogens with zero attached hydrogens (tertiary/aromatic N) is 3. The van der Waals surface area contributed by atoms with Gasteiger partial charge in [0.25, 0.3) is 11.8 Å². The zero-order chi connectivity index (χ0) is 25.9. The van der Waals surface area contributed by atoms with Gasteiger partial charge in [-0.3, -0.25) is 9.59 Å². The second-order valence-electron chi connectivity index (χ2n) is 9.64. The molecule has 2 aliphatic rings. The highest BCUT2D eigenvalue weighted by molar-refractivity contribution is 6.29. The van der Waals surface area contributed by atoms with Crippen molar-refractivity contribution in [3.8, 4) is 5.75 Å². The number of anilines is 1. The van der Waals surface area contributed by atoms with E-state index >= 15 is 0 Å². The summed E-state index contributed by atoms with van der Waals surface area (Å²) in [7, 11) is 1.61. The number of hydrogen-bond donors (Lipinski definition) is 2. The third-order valence-electron chi connectivity index (χ3n) is 7.33. The molecule has 37 heavy (non-hydrogen) atoms. The van der Waals surface area contributed by atoms with Crippen LogP contribution in [0.3, 0.4) is 0 Å². The van der Waals surface area contributed by atoms with Crippen LogP contribution in [-0.2, 0) is 6.54 Å². The summed E-state index contributed by atoms with van der Waals surface area (Å²) >= 11 is 5.81. The molecule has 2 N–H and O–H groups in total. The normalized spacial score (nSPS) is 20.4. The standard InChI is InChI=1S/C28H30ClN5O3/c1-17-23(4-3-5-24(17)37-2)28(36)33-20-12-21-8-9-22(13-20)34(21)26-11-7-19(16-31-26)27(35)32-15-18-6-10-25(29)30-14-18/h3-7,10-11,14,16,20-22H,8-9,12-13,15H2,1-2H3,(H,32,35)(H,33,36)/t20-,21+,22-. The summed E-state index contributed by atoms with van der Waals surface area (Å²) in [5.74, 6) is 1.34. The molecule has 192 valence electrons. The first-order chi connectivity index (χ1) is 17.9. The molecule has 1 aromatic carbocycles. The molecule has 0 aliphatic carbocycles. The minimum Gasteiger partial charge on any atom is -0.496 e. The highest BCUT2D eigenvalue weighted by atomic mass is 35.5. The molecular weight excluding hydrogens is 490 g/mol. The summed E-state index contributed by atoms with van der Waals surface area (Å²) in [6.07, 6.45) is 7.13. The van der Waals surface area contributed by atoms with E-state index in [4.69, 9.17) is 16.3 Å². The minimum absolute atomic E-state index is 0.0582. The van der Waals surface area contributed by atoms with Gasteiger partial charge >= 0.3 is 0 Å². The monoisotopic (exact) mass is 519 g/mol. The van der Waals surface area contributed by atoms with Crippen LogP contribution in [0.5, 0.6) is 5.75 Å². The van der Waals surface area contributed by atoms with Crippen molar-refractivity contribution in [3.05, 3.63) is 82.3 Å². The Hall–Kier alpha value is -3.65. The first-order valence-electron chi connectivity index (χ1n) is 12.5. The molecule has 2 aliphatic heterocycles. The van der Waals surface area contributed by atoms with Crippen molar-refractivity contribution in [3.63, 3.8) is 0 Å². The molecule has 0 unspecified atom stereocenters. The van der Waals surface area contributed by atoms with Crippen molar-refractivity contribution in [1.82, 2.24) is 20.6 Å². The molecule has 2 saturated heterocycles. The van der Waals surface area contributed by atoms with Gasteiger partial charge in [0.1, 0.15) is 16.7 Å². The molecule has 0 saturated carbocycles. The number of rotatable bonds is 7. The number of aromatic nitrogens is 2. The van der Waals surface area contributed by atoms with Crippen molar-refractivity contribution in [2.75, 3.05) is 12.0 Å². The van der Waals surface area contributed by atoms with E-state index in [1.165, 1.54) is 0 Å². The van der Waals surface area contributed by atoms with E-state index in [1.54, 1.807) is 25.6 Å². The topological polar surface area (TPSA) is 96.5 Å². The number of piperidine rings is 1. The van der Waals surface area contributed by atoms with Crippen molar-refractivity contribution < 1.29 is 14.3 Å². The lowest BCUT2D eigenvalue weighted by molar-refractivity contribution is 0.0923. The molecule has 2 bridgehead atoms. The van der Waals surface area contributed by atoms with Crippen LogP contribution >= 0.6 is 11.6 Å². The predicted molar refractivity (Wildman–Crippen MR) is 142 cm³/mol. The van der Waals surface area contributed by atoms with Crippen LogP contribution in [0.15, 0.2) is 54.9 Å². The minimum atomic E-state index is -0.189. The number of amides is 2. The Bertz CT molecular complexity index is 1270. The Morgan fingerprint density at radius 2 is 1.81 bits per heavy atom. The van der Waals surface area contributed by atoms with E-state index in [-0.39, 0.29) is 17.9 Å². The SMILES string of the molecule is COc1cccc(C(=O)N[C@H]2C[C@H]3CC[C@@H](C2)N3c2ccc(C(=O)NCc3ccc(Cl)nc3)cn2)c1C. The lowest BCUT2D eigenvalue weighted by Crippen LogP contribution is -2.50. The molecule has 3 atom stereocenters. The zero-order valence-corrected chi connectivity index (χ0v) is 21.7. The molecule has 2 aromatic heterocycles. The second kappa shape index (κ2) is 10.8. The molecule has 5 rings (SSSR count). The summed E-state index contributed by atoms with van der Waals surface area (Å²) in [6.45, 7) is 2.27. The first kappa shape index (κ1) is 25.0. The summed E-state index contributed by atoms with van der Waals surface area (Å²) in [5.41, 5.74) is 2.88. The summed E-state index contributed by atoms with van der Waals surface area (Å²) in [5, 5.41) is 6.56. The van der Waals surface area contributed by atoms with E-state index < -0.39 is 0 Å². The number of fused-ring (bicyclic) bond motifs is 2. The number of carbonyl (C=O) groups is 2. The summed E-state index contributed by atoms with van der Waals surface area (Å²) in [6, 6.07) is 13.5. The van der Waals surface area contributed by atoms with Gasteiger partial charge in [0, 0.05) is 48.2 Å². The van der Waals surface area contributed by atoms with Crippen LogP contribution in [0, 0.1) is 6.92 Å². The number of carbonyl (C=O) groups excluding carboxylic acids is 2. The predicted octanol–water partition coefficient (Wildman–Crippen LogP) is 4.31. The second-order valence-corrected chi connectivity index (χ2v) is 10.0. The van der Waals surface area contributed by atoms with Gasteiger partial charge in [0.2, 0.25) is 0 Å². The Morgan fingerprint density at radius 3 is 2.46 bits per heavy atom. The molecule has 0 spiro atoms. The van der Waals surface area contributed by atoms with Gasteiger partial charge in [-0.15, -0.1) is 0 Å². The molecule has 2 amide bonds. The number of halogens is 1. The molecule has 4 heterocycles. The highest BCUT2D eigenvalue weighted by Crippen LogP contribution is 2.38. The van der Waals surface area contributed by atoms with E-state index in [0.29, 0.717) is 40.7 Å². The smallest absolute Gasteiger partial charge is 0.253 e. The van der Waals surface area contributed by atoms with Crippen molar-refractivity contribution in [2.24, 2.45) is 0 Å². The largest absolute Gasteiger partial charge is 0.496 e. The molecule has 2 fully saturated rings. The van der Waals surface area contributed by atoms with Crippen LogP contribution < -0.4 is 20.3 Å². The number of hydrogen-bond acceptors (Lipinski definition) is 6. The number of ether oxygens (including phenoxy) is 1. The molecule has 3 aromatic rings. The maximum atomic E-state index is 13.0. The Balaban J connectivity index is 1.19. The number of pyridine rings is 2. The van der Waals surface area contributed by atoms with Crippen LogP contribution in [0.2, 0.25) is 5.15 Å². The average Bonchev–Trinajstić information content (AvgIpc) is 3.18. The van der Waals surface area contributed by atoms with Crippen molar-refractivity contribution >= 4 is 29.2 Å². The Kier molecular flexibility index (Phi) is 7.28. The molecular formula is C28H30ClN5O3. The fourth-order valence-corrected chi connectivity index (χ4v) is 5.59. The first-order valence-corrected chi connectivity index (χ1v) is 12.9.